The molecule has 0 bridgehead atoms. The summed E-state index contributed by atoms with van der Waals surface area (Å²) < 4.78 is 49.3. The van der Waals surface area contributed by atoms with Gasteiger partial charge >= 0.3 is 5.97 Å². The summed E-state index contributed by atoms with van der Waals surface area (Å²) >= 11 is 0. The number of quaternary nitrogens is 1. The van der Waals surface area contributed by atoms with E-state index in [4.69, 9.17) is 18.9 Å². The van der Waals surface area contributed by atoms with Crippen molar-refractivity contribution in [3.8, 4) is 11.5 Å². The second kappa shape index (κ2) is 8.99. The van der Waals surface area contributed by atoms with E-state index in [2.05, 4.69) is 5.73 Å². The first kappa shape index (κ1) is 20.0. The topological polar surface area (TPSA) is 81.6 Å². The molecule has 1 aliphatic heterocycles. The van der Waals surface area contributed by atoms with Gasteiger partial charge in [0.1, 0.15) is 35.8 Å². The van der Waals surface area contributed by atoms with Gasteiger partial charge in [0, 0.05) is 0 Å². The predicted molar refractivity (Wildman–Crippen MR) is 94.7 cm³/mol. The summed E-state index contributed by atoms with van der Waals surface area (Å²) in [6.45, 7) is 1.83. The number of carbonyl (C=O) groups is 1. The van der Waals surface area contributed by atoms with Crippen LogP contribution in [0, 0.1) is 11.6 Å². The zero-order chi connectivity index (χ0) is 20.1. The van der Waals surface area contributed by atoms with Gasteiger partial charge in [0.05, 0.1) is 6.61 Å². The van der Waals surface area contributed by atoms with Crippen molar-refractivity contribution in [1.29, 1.82) is 0 Å². The Labute approximate surface area is 161 Å². The van der Waals surface area contributed by atoms with Crippen LogP contribution in [0.5, 0.6) is 11.5 Å². The SMILES string of the molecule is C[C@@H]1OC(=O)[C@@H]([NH3+])COC[C@H](Oc2ccc(F)cc2)[C@H]1Oc1ccc(F)cc1. The van der Waals surface area contributed by atoms with Crippen LogP contribution in [0.1, 0.15) is 6.92 Å². The maximum absolute atomic E-state index is 13.2. The molecule has 2 aromatic rings. The van der Waals surface area contributed by atoms with E-state index in [1.165, 1.54) is 48.5 Å². The van der Waals surface area contributed by atoms with Crippen LogP contribution in [-0.4, -0.2) is 43.5 Å². The molecule has 0 aromatic heterocycles. The second-order valence-corrected chi connectivity index (χ2v) is 6.52. The molecule has 0 unspecified atom stereocenters. The van der Waals surface area contributed by atoms with E-state index < -0.39 is 36.1 Å². The molecule has 0 spiro atoms. The molecule has 8 heteroatoms. The largest absolute Gasteiger partial charge is 0.484 e. The van der Waals surface area contributed by atoms with E-state index >= 15 is 0 Å². The fourth-order valence-corrected chi connectivity index (χ4v) is 2.77. The molecule has 0 saturated carbocycles. The third-order valence-electron chi connectivity index (χ3n) is 4.25. The van der Waals surface area contributed by atoms with E-state index in [-0.39, 0.29) is 19.0 Å². The van der Waals surface area contributed by atoms with Gasteiger partial charge in [-0.2, -0.15) is 0 Å². The van der Waals surface area contributed by atoms with Crippen molar-refractivity contribution in [3.05, 3.63) is 60.2 Å². The van der Waals surface area contributed by atoms with E-state index in [9.17, 15) is 13.6 Å². The van der Waals surface area contributed by atoms with E-state index in [0.29, 0.717) is 11.5 Å². The molecule has 1 saturated heterocycles. The van der Waals surface area contributed by atoms with Gasteiger partial charge in [0.2, 0.25) is 6.04 Å². The van der Waals surface area contributed by atoms with Crippen LogP contribution in [0.2, 0.25) is 0 Å². The fraction of sp³-hybridized carbons (Fsp3) is 0.350. The maximum Gasteiger partial charge on any atom is 0.367 e. The lowest BCUT2D eigenvalue weighted by Gasteiger charge is -2.31. The van der Waals surface area contributed by atoms with E-state index in [1.807, 2.05) is 0 Å². The summed E-state index contributed by atoms with van der Waals surface area (Å²) in [4.78, 5) is 12.1. The van der Waals surface area contributed by atoms with Crippen molar-refractivity contribution in [1.82, 2.24) is 0 Å². The van der Waals surface area contributed by atoms with Crippen molar-refractivity contribution in [2.24, 2.45) is 0 Å². The lowest BCUT2D eigenvalue weighted by Crippen LogP contribution is -2.67. The quantitative estimate of drug-likeness (QED) is 0.799. The van der Waals surface area contributed by atoms with Crippen molar-refractivity contribution in [3.63, 3.8) is 0 Å². The minimum Gasteiger partial charge on any atom is -0.484 e. The fourth-order valence-electron chi connectivity index (χ4n) is 2.77. The summed E-state index contributed by atoms with van der Waals surface area (Å²) in [5, 5.41) is 0. The van der Waals surface area contributed by atoms with Crippen molar-refractivity contribution >= 4 is 5.97 Å². The third kappa shape index (κ3) is 5.17. The highest BCUT2D eigenvalue weighted by molar-refractivity contribution is 5.74. The normalized spacial score (nSPS) is 25.8. The summed E-state index contributed by atoms with van der Waals surface area (Å²) in [7, 11) is 0. The molecular weight excluding hydrogens is 372 g/mol. The van der Waals surface area contributed by atoms with Gasteiger partial charge in [-0.15, -0.1) is 0 Å². The summed E-state index contributed by atoms with van der Waals surface area (Å²) in [5.74, 6) is -0.510. The number of ether oxygens (including phenoxy) is 4. The molecule has 0 amide bonds. The Morgan fingerprint density at radius 3 is 2.04 bits per heavy atom. The standard InChI is InChI=1S/C20H21F2NO5/c1-12-19(28-16-8-4-14(22)5-9-16)18(11-25-10-17(23)20(24)26-12)27-15-6-2-13(21)3-7-15/h2-9,12,17-19H,10-11,23H2,1H3/p+1/t12-,17-,18-,19-/m0/s1. The molecule has 6 nitrogen and oxygen atoms in total. The smallest absolute Gasteiger partial charge is 0.367 e. The Morgan fingerprint density at radius 1 is 0.929 bits per heavy atom. The van der Waals surface area contributed by atoms with Crippen molar-refractivity contribution < 1.29 is 38.3 Å². The number of hydrogen-bond acceptors (Lipinski definition) is 5. The van der Waals surface area contributed by atoms with Crippen LogP contribution < -0.4 is 15.2 Å². The minimum atomic E-state index is -0.759. The van der Waals surface area contributed by atoms with Gasteiger partial charge in [-0.1, -0.05) is 0 Å². The van der Waals surface area contributed by atoms with Gasteiger partial charge in [-0.05, 0) is 55.5 Å². The molecular formula is C20H22F2NO5+. The molecule has 2 aromatic carbocycles. The summed E-state index contributed by atoms with van der Waals surface area (Å²) in [6, 6.07) is 10.3. The molecule has 4 atom stereocenters. The monoisotopic (exact) mass is 394 g/mol. The van der Waals surface area contributed by atoms with Crippen LogP contribution in [0.3, 0.4) is 0 Å². The Balaban J connectivity index is 1.86. The number of hydrogen-bond donors (Lipinski definition) is 1. The number of rotatable bonds is 4. The number of cyclic esters (lactones) is 1. The predicted octanol–water partition coefficient (Wildman–Crippen LogP) is 1.73. The average Bonchev–Trinajstić information content (AvgIpc) is 2.71. The molecule has 0 aliphatic carbocycles. The summed E-state index contributed by atoms with van der Waals surface area (Å²) in [6.07, 6.45) is -2.14. The Hall–Kier alpha value is -2.71. The highest BCUT2D eigenvalue weighted by Gasteiger charge is 2.37. The lowest BCUT2D eigenvalue weighted by atomic mass is 10.1. The van der Waals surface area contributed by atoms with Gasteiger partial charge in [-0.3, -0.25) is 0 Å². The Kier molecular flexibility index (Phi) is 6.43. The Morgan fingerprint density at radius 2 is 1.46 bits per heavy atom. The molecule has 3 rings (SSSR count). The van der Waals surface area contributed by atoms with Crippen LogP contribution in [0.25, 0.3) is 0 Å². The molecule has 1 heterocycles. The number of carbonyl (C=O) groups excluding carboxylic acids is 1. The van der Waals surface area contributed by atoms with Gasteiger partial charge < -0.3 is 24.7 Å². The molecule has 150 valence electrons. The highest BCUT2D eigenvalue weighted by atomic mass is 19.1. The lowest BCUT2D eigenvalue weighted by molar-refractivity contribution is -0.415. The number of benzene rings is 2. The zero-order valence-corrected chi connectivity index (χ0v) is 15.3. The Bertz CT molecular complexity index is 784. The third-order valence-corrected chi connectivity index (χ3v) is 4.25. The van der Waals surface area contributed by atoms with Gasteiger partial charge in [-0.25, -0.2) is 13.6 Å². The average molecular weight is 394 g/mol. The van der Waals surface area contributed by atoms with E-state index in [0.717, 1.165) is 0 Å². The number of esters is 1. The molecule has 28 heavy (non-hydrogen) atoms. The summed E-state index contributed by atoms with van der Waals surface area (Å²) in [5.41, 5.74) is 3.73. The second-order valence-electron chi connectivity index (χ2n) is 6.52. The van der Waals surface area contributed by atoms with Crippen LogP contribution in [-0.2, 0) is 14.3 Å². The zero-order valence-electron chi connectivity index (χ0n) is 15.3. The van der Waals surface area contributed by atoms with E-state index in [1.54, 1.807) is 6.92 Å². The molecule has 3 N–H and O–H groups in total. The number of halogens is 2. The molecule has 1 aliphatic rings. The van der Waals surface area contributed by atoms with Gasteiger partial charge in [0.15, 0.2) is 12.2 Å². The van der Waals surface area contributed by atoms with Crippen LogP contribution >= 0.6 is 0 Å². The maximum atomic E-state index is 13.2. The first-order valence-corrected chi connectivity index (χ1v) is 8.88. The van der Waals surface area contributed by atoms with Crippen LogP contribution in [0.4, 0.5) is 8.78 Å². The van der Waals surface area contributed by atoms with Crippen molar-refractivity contribution in [2.75, 3.05) is 13.2 Å². The first-order chi connectivity index (χ1) is 13.4. The first-order valence-electron chi connectivity index (χ1n) is 8.88. The molecule has 1 fully saturated rings. The van der Waals surface area contributed by atoms with Crippen LogP contribution in [0.15, 0.2) is 48.5 Å². The van der Waals surface area contributed by atoms with Gasteiger partial charge in [0.25, 0.3) is 0 Å². The highest BCUT2D eigenvalue weighted by Crippen LogP contribution is 2.23. The molecule has 0 radical (unpaired) electrons. The minimum absolute atomic E-state index is 0.0676. The van der Waals surface area contributed by atoms with Crippen molar-refractivity contribution in [2.45, 2.75) is 31.3 Å².